The van der Waals surface area contributed by atoms with E-state index in [-0.39, 0.29) is 0 Å². The summed E-state index contributed by atoms with van der Waals surface area (Å²) in [5, 5.41) is 3.44. The minimum atomic E-state index is 0.754. The maximum atomic E-state index is 4.38. The molecular weight excluding hydrogens is 236 g/mol. The van der Waals surface area contributed by atoms with E-state index < -0.39 is 0 Å². The Morgan fingerprint density at radius 3 is 2.47 bits per heavy atom. The van der Waals surface area contributed by atoms with Crippen molar-refractivity contribution in [3.63, 3.8) is 0 Å². The Balaban J connectivity index is 2.31. The maximum absolute atomic E-state index is 4.38. The first-order valence-corrected chi connectivity index (χ1v) is 7.46. The Bertz CT molecular complexity index is 289. The number of rotatable bonds is 5. The average Bonchev–Trinajstić information content (AvgIpc) is 2.40. The van der Waals surface area contributed by atoms with Gasteiger partial charge in [0.1, 0.15) is 0 Å². The fourth-order valence-electron chi connectivity index (χ4n) is 2.42. The molecule has 0 unspecified atom stereocenters. The quantitative estimate of drug-likeness (QED) is 0.356. The van der Waals surface area contributed by atoms with Crippen LogP contribution in [0.25, 0.3) is 0 Å². The average molecular weight is 266 g/mol. The smallest absolute Gasteiger partial charge is 0.193 e. The van der Waals surface area contributed by atoms with Gasteiger partial charge in [-0.3, -0.25) is 9.89 Å². The van der Waals surface area contributed by atoms with Crippen LogP contribution in [0.4, 0.5) is 0 Å². The molecule has 0 atom stereocenters. The van der Waals surface area contributed by atoms with Gasteiger partial charge in [-0.05, 0) is 19.3 Å². The van der Waals surface area contributed by atoms with E-state index in [1.807, 2.05) is 7.05 Å². The van der Waals surface area contributed by atoms with E-state index in [0.29, 0.717) is 0 Å². The van der Waals surface area contributed by atoms with Gasteiger partial charge in [0.25, 0.3) is 0 Å². The SMILES string of the molecule is CC=CCCNC(=NC)N1CCN(CC(C)C)CC1. The Morgan fingerprint density at radius 1 is 1.26 bits per heavy atom. The Labute approximate surface area is 118 Å². The second-order valence-corrected chi connectivity index (χ2v) is 5.51. The summed E-state index contributed by atoms with van der Waals surface area (Å²) in [5.41, 5.74) is 0. The number of aliphatic imine (C=N–C) groups is 1. The highest BCUT2D eigenvalue weighted by molar-refractivity contribution is 5.79. The van der Waals surface area contributed by atoms with Crippen LogP contribution >= 0.6 is 0 Å². The maximum Gasteiger partial charge on any atom is 0.193 e. The molecule has 1 heterocycles. The van der Waals surface area contributed by atoms with Gasteiger partial charge in [-0.1, -0.05) is 26.0 Å². The van der Waals surface area contributed by atoms with Crippen molar-refractivity contribution in [2.24, 2.45) is 10.9 Å². The van der Waals surface area contributed by atoms with Crippen molar-refractivity contribution >= 4 is 5.96 Å². The third kappa shape index (κ3) is 6.10. The van der Waals surface area contributed by atoms with E-state index in [0.717, 1.165) is 51.0 Å². The minimum Gasteiger partial charge on any atom is -0.356 e. The lowest BCUT2D eigenvalue weighted by molar-refractivity contribution is 0.164. The number of nitrogens with one attached hydrogen (secondary N) is 1. The third-order valence-electron chi connectivity index (χ3n) is 3.34. The predicted octanol–water partition coefficient (Wildman–Crippen LogP) is 1.80. The highest BCUT2D eigenvalue weighted by Gasteiger charge is 2.19. The second kappa shape index (κ2) is 8.97. The number of allylic oxidation sites excluding steroid dienone is 1. The Hall–Kier alpha value is -1.03. The molecule has 0 bridgehead atoms. The van der Waals surface area contributed by atoms with Crippen LogP contribution in [0, 0.1) is 5.92 Å². The minimum absolute atomic E-state index is 0.754. The molecule has 0 radical (unpaired) electrons. The molecule has 1 N–H and O–H groups in total. The van der Waals surface area contributed by atoms with Crippen molar-refractivity contribution < 1.29 is 0 Å². The zero-order valence-electron chi connectivity index (χ0n) is 13.0. The largest absolute Gasteiger partial charge is 0.356 e. The molecule has 0 spiro atoms. The van der Waals surface area contributed by atoms with Gasteiger partial charge in [0.2, 0.25) is 0 Å². The van der Waals surface area contributed by atoms with Crippen LogP contribution in [0.1, 0.15) is 27.2 Å². The number of guanidine groups is 1. The van der Waals surface area contributed by atoms with Gasteiger partial charge in [0.05, 0.1) is 0 Å². The monoisotopic (exact) mass is 266 g/mol. The van der Waals surface area contributed by atoms with Gasteiger partial charge in [-0.15, -0.1) is 0 Å². The number of piperazine rings is 1. The van der Waals surface area contributed by atoms with Crippen molar-refractivity contribution in [1.29, 1.82) is 0 Å². The first kappa shape index (κ1) is 16.0. The first-order chi connectivity index (χ1) is 9.17. The van der Waals surface area contributed by atoms with Gasteiger partial charge >= 0.3 is 0 Å². The molecule has 19 heavy (non-hydrogen) atoms. The highest BCUT2D eigenvalue weighted by Crippen LogP contribution is 2.05. The summed E-state index contributed by atoms with van der Waals surface area (Å²) in [7, 11) is 1.87. The zero-order valence-corrected chi connectivity index (χ0v) is 13.0. The fourth-order valence-corrected chi connectivity index (χ4v) is 2.42. The van der Waals surface area contributed by atoms with Gasteiger partial charge in [-0.2, -0.15) is 0 Å². The van der Waals surface area contributed by atoms with Crippen molar-refractivity contribution in [3.05, 3.63) is 12.2 Å². The van der Waals surface area contributed by atoms with Crippen LogP contribution in [0.2, 0.25) is 0 Å². The summed E-state index contributed by atoms with van der Waals surface area (Å²) in [6.07, 6.45) is 5.33. The van der Waals surface area contributed by atoms with E-state index in [9.17, 15) is 0 Å². The molecule has 1 fully saturated rings. The van der Waals surface area contributed by atoms with Gasteiger partial charge in [-0.25, -0.2) is 0 Å². The first-order valence-electron chi connectivity index (χ1n) is 7.46. The van der Waals surface area contributed by atoms with Crippen LogP contribution in [-0.4, -0.2) is 62.1 Å². The normalized spacial score (nSPS) is 18.6. The lowest BCUT2D eigenvalue weighted by Crippen LogP contribution is -2.53. The lowest BCUT2D eigenvalue weighted by Gasteiger charge is -2.37. The van der Waals surface area contributed by atoms with Gasteiger partial charge < -0.3 is 10.2 Å². The third-order valence-corrected chi connectivity index (χ3v) is 3.34. The molecule has 0 aromatic rings. The summed E-state index contributed by atoms with van der Waals surface area (Å²) < 4.78 is 0. The molecule has 0 aromatic carbocycles. The molecule has 1 saturated heterocycles. The predicted molar refractivity (Wildman–Crippen MR) is 83.6 cm³/mol. The van der Waals surface area contributed by atoms with Crippen molar-refractivity contribution in [1.82, 2.24) is 15.1 Å². The van der Waals surface area contributed by atoms with E-state index in [1.165, 1.54) is 6.54 Å². The molecule has 0 aliphatic carbocycles. The number of hydrogen-bond donors (Lipinski definition) is 1. The molecule has 0 amide bonds. The molecule has 110 valence electrons. The lowest BCUT2D eigenvalue weighted by atomic mass is 10.2. The molecule has 1 aliphatic rings. The summed E-state index contributed by atoms with van der Waals surface area (Å²) in [6, 6.07) is 0. The van der Waals surface area contributed by atoms with Crippen LogP contribution in [0.3, 0.4) is 0 Å². The van der Waals surface area contributed by atoms with Crippen molar-refractivity contribution in [3.8, 4) is 0 Å². The fraction of sp³-hybridized carbons (Fsp3) is 0.800. The van der Waals surface area contributed by atoms with Crippen LogP contribution in [0.15, 0.2) is 17.1 Å². The summed E-state index contributed by atoms with van der Waals surface area (Å²) in [6.45, 7) is 13.3. The molecule has 0 saturated carbocycles. The van der Waals surface area contributed by atoms with E-state index >= 15 is 0 Å². The molecular formula is C15H30N4. The molecule has 1 aliphatic heterocycles. The van der Waals surface area contributed by atoms with Crippen molar-refractivity contribution in [2.45, 2.75) is 27.2 Å². The van der Waals surface area contributed by atoms with Crippen LogP contribution in [0.5, 0.6) is 0 Å². The molecule has 1 rings (SSSR count). The van der Waals surface area contributed by atoms with E-state index in [2.05, 4.69) is 53.0 Å². The van der Waals surface area contributed by atoms with Gasteiger partial charge in [0.15, 0.2) is 5.96 Å². The molecule has 4 heteroatoms. The zero-order chi connectivity index (χ0) is 14.1. The summed E-state index contributed by atoms with van der Waals surface area (Å²) in [5.74, 6) is 1.80. The number of nitrogens with zero attached hydrogens (tertiary/aromatic N) is 3. The highest BCUT2D eigenvalue weighted by atomic mass is 15.3. The second-order valence-electron chi connectivity index (χ2n) is 5.51. The Morgan fingerprint density at radius 2 is 1.95 bits per heavy atom. The van der Waals surface area contributed by atoms with Gasteiger partial charge in [0, 0.05) is 46.3 Å². The molecule has 0 aromatic heterocycles. The topological polar surface area (TPSA) is 30.9 Å². The Kier molecular flexibility index (Phi) is 7.56. The standard InChI is InChI=1S/C15H30N4/c1-5-6-7-8-17-15(16-4)19-11-9-18(10-12-19)13-14(2)3/h5-6,14H,7-13H2,1-4H3,(H,16,17). The molecule has 4 nitrogen and oxygen atoms in total. The van der Waals surface area contributed by atoms with Crippen molar-refractivity contribution in [2.75, 3.05) is 46.3 Å². The number of hydrogen-bond acceptors (Lipinski definition) is 2. The summed E-state index contributed by atoms with van der Waals surface area (Å²) in [4.78, 5) is 9.30. The van der Waals surface area contributed by atoms with Crippen LogP contribution < -0.4 is 5.32 Å². The van der Waals surface area contributed by atoms with E-state index in [1.54, 1.807) is 0 Å². The van der Waals surface area contributed by atoms with Crippen LogP contribution in [-0.2, 0) is 0 Å². The summed E-state index contributed by atoms with van der Waals surface area (Å²) >= 11 is 0. The van der Waals surface area contributed by atoms with E-state index in [4.69, 9.17) is 0 Å².